The number of rotatable bonds is 4. The highest BCUT2D eigenvalue weighted by Gasteiger charge is 2.41. The van der Waals surface area contributed by atoms with Gasteiger partial charge in [-0.3, -0.25) is 0 Å². The van der Waals surface area contributed by atoms with Gasteiger partial charge in [0.25, 0.3) is 0 Å². The average Bonchev–Trinajstić information content (AvgIpc) is 3.49. The molecule has 1 aliphatic carbocycles. The minimum Gasteiger partial charge on any atom is -0.0622 e. The molecule has 10 aromatic rings. The number of fused-ring (bicyclic) bond motifs is 8. The molecule has 0 heterocycles. The van der Waals surface area contributed by atoms with Crippen molar-refractivity contribution < 1.29 is 0 Å². The van der Waals surface area contributed by atoms with Gasteiger partial charge < -0.3 is 0 Å². The third-order valence-electron chi connectivity index (χ3n) is 12.1. The first kappa shape index (κ1) is 30.8. The highest BCUT2D eigenvalue weighted by molar-refractivity contribution is 6.21. The average molecular weight is 685 g/mol. The molecule has 0 spiro atoms. The fourth-order valence-electron chi connectivity index (χ4n) is 9.48. The molecule has 54 heavy (non-hydrogen) atoms. The van der Waals surface area contributed by atoms with Gasteiger partial charge in [-0.2, -0.15) is 0 Å². The highest BCUT2D eigenvalue weighted by atomic mass is 14.4. The summed E-state index contributed by atoms with van der Waals surface area (Å²) < 4.78 is 0. The molecule has 0 aromatic heterocycles. The molecule has 0 radical (unpaired) electrons. The van der Waals surface area contributed by atoms with Gasteiger partial charge in [-0.15, -0.1) is 0 Å². The van der Waals surface area contributed by atoms with Crippen LogP contribution in [0.4, 0.5) is 0 Å². The zero-order valence-electron chi connectivity index (χ0n) is 30.1. The molecule has 1 atom stereocenters. The summed E-state index contributed by atoms with van der Waals surface area (Å²) in [7, 11) is 0. The van der Waals surface area contributed by atoms with Gasteiger partial charge in [0.05, 0.1) is 0 Å². The predicted molar refractivity (Wildman–Crippen MR) is 230 cm³/mol. The Hall–Kier alpha value is -6.76. The molecule has 0 saturated heterocycles. The topological polar surface area (TPSA) is 0 Å². The second-order valence-electron chi connectivity index (χ2n) is 14.9. The third-order valence-corrected chi connectivity index (χ3v) is 12.1. The van der Waals surface area contributed by atoms with E-state index in [9.17, 15) is 0 Å². The van der Waals surface area contributed by atoms with Gasteiger partial charge in [0.1, 0.15) is 0 Å². The normalized spacial score (nSPS) is 14.8. The first-order valence-corrected chi connectivity index (χ1v) is 18.9. The third kappa shape index (κ3) is 4.50. The Kier molecular flexibility index (Phi) is 6.78. The fraction of sp³-hybridized carbons (Fsp3) is 0.0370. The first-order valence-electron chi connectivity index (χ1n) is 18.9. The molecule has 0 nitrogen and oxygen atoms in total. The fourth-order valence-corrected chi connectivity index (χ4v) is 9.48. The van der Waals surface area contributed by atoms with Crippen molar-refractivity contribution in [3.05, 3.63) is 217 Å². The Morgan fingerprint density at radius 2 is 0.870 bits per heavy atom. The summed E-state index contributed by atoms with van der Waals surface area (Å²) in [6, 6.07) is 74.5. The largest absolute Gasteiger partial charge is 0.0622 e. The van der Waals surface area contributed by atoms with Crippen LogP contribution in [0.25, 0.3) is 87.6 Å². The van der Waals surface area contributed by atoms with Crippen LogP contribution in [0.1, 0.15) is 23.6 Å². The van der Waals surface area contributed by atoms with Crippen molar-refractivity contribution in [2.24, 2.45) is 0 Å². The maximum atomic E-state index is 2.48. The van der Waals surface area contributed by atoms with Gasteiger partial charge in [-0.25, -0.2) is 0 Å². The molecule has 1 aliphatic rings. The second kappa shape index (κ2) is 11.9. The smallest absolute Gasteiger partial charge is 0.0435 e. The zero-order chi connectivity index (χ0) is 35.8. The van der Waals surface area contributed by atoms with Gasteiger partial charge >= 0.3 is 0 Å². The van der Waals surface area contributed by atoms with Gasteiger partial charge in [0, 0.05) is 5.41 Å². The lowest BCUT2D eigenvalue weighted by molar-refractivity contribution is 0.715. The Bertz CT molecular complexity index is 3110. The van der Waals surface area contributed by atoms with Gasteiger partial charge in [-0.1, -0.05) is 176 Å². The molecule has 0 fully saturated rings. The van der Waals surface area contributed by atoms with Crippen LogP contribution >= 0.6 is 0 Å². The van der Waals surface area contributed by atoms with Crippen LogP contribution in [0.5, 0.6) is 0 Å². The van der Waals surface area contributed by atoms with E-state index in [1.165, 1.54) is 104 Å². The Balaban J connectivity index is 1.14. The van der Waals surface area contributed by atoms with Crippen LogP contribution in [-0.2, 0) is 5.41 Å². The van der Waals surface area contributed by atoms with Crippen LogP contribution in [0.15, 0.2) is 200 Å². The standard InChI is InChI=1S/C54H36/c1-54(40-19-3-2-4-20-40)51-34-39(28-29-46(51)50-31-36-16-5-6-17-37(36)33-52(50)54)42-22-11-12-24-44(42)45-25-13-14-26-47(45)53-43-23-10-8-18-38(43)32-49-41-21-9-7-15-35(41)27-30-48(49)53/h2-34H,1H3. The van der Waals surface area contributed by atoms with Gasteiger partial charge in [0.15, 0.2) is 0 Å². The lowest BCUT2D eigenvalue weighted by atomic mass is 9.73. The minimum absolute atomic E-state index is 0.302. The molecule has 0 amide bonds. The number of benzene rings is 10. The summed E-state index contributed by atoms with van der Waals surface area (Å²) in [5, 5.41) is 10.2. The van der Waals surface area contributed by atoms with E-state index in [-0.39, 0.29) is 5.41 Å². The second-order valence-corrected chi connectivity index (χ2v) is 14.9. The van der Waals surface area contributed by atoms with E-state index in [0.29, 0.717) is 0 Å². The molecular weight excluding hydrogens is 649 g/mol. The van der Waals surface area contributed by atoms with Crippen LogP contribution in [0.2, 0.25) is 0 Å². The zero-order valence-corrected chi connectivity index (χ0v) is 30.1. The summed E-state index contributed by atoms with van der Waals surface area (Å²) >= 11 is 0. The van der Waals surface area contributed by atoms with E-state index >= 15 is 0 Å². The van der Waals surface area contributed by atoms with Crippen molar-refractivity contribution in [3.8, 4) is 44.5 Å². The van der Waals surface area contributed by atoms with Crippen LogP contribution < -0.4 is 0 Å². The summed E-state index contributed by atoms with van der Waals surface area (Å²) in [6.07, 6.45) is 0. The van der Waals surface area contributed by atoms with Crippen molar-refractivity contribution in [1.82, 2.24) is 0 Å². The SMILES string of the molecule is CC1(c2ccccc2)c2cc(-c3ccccc3-c3ccccc3-c3c4ccccc4cc4c3ccc3ccccc34)ccc2-c2cc3ccccc3cc21. The molecule has 0 heteroatoms. The molecule has 0 bridgehead atoms. The van der Waals surface area contributed by atoms with Crippen LogP contribution in [0, 0.1) is 0 Å². The van der Waals surface area contributed by atoms with E-state index in [0.717, 1.165) is 0 Å². The van der Waals surface area contributed by atoms with Crippen LogP contribution in [0.3, 0.4) is 0 Å². The van der Waals surface area contributed by atoms with Crippen molar-refractivity contribution in [1.29, 1.82) is 0 Å². The van der Waals surface area contributed by atoms with Gasteiger partial charge in [0.2, 0.25) is 0 Å². The monoisotopic (exact) mass is 684 g/mol. The van der Waals surface area contributed by atoms with Crippen molar-refractivity contribution in [2.75, 3.05) is 0 Å². The molecule has 0 N–H and O–H groups in total. The molecule has 1 unspecified atom stereocenters. The van der Waals surface area contributed by atoms with E-state index in [2.05, 4.69) is 207 Å². The van der Waals surface area contributed by atoms with E-state index in [4.69, 9.17) is 0 Å². The molecule has 10 aromatic carbocycles. The molecule has 0 saturated carbocycles. The maximum absolute atomic E-state index is 2.48. The van der Waals surface area contributed by atoms with Crippen molar-refractivity contribution in [2.45, 2.75) is 12.3 Å². The lowest BCUT2D eigenvalue weighted by Crippen LogP contribution is -2.22. The summed E-state index contributed by atoms with van der Waals surface area (Å²) in [4.78, 5) is 0. The summed E-state index contributed by atoms with van der Waals surface area (Å²) in [5.41, 5.74) is 13.8. The predicted octanol–water partition coefficient (Wildman–Crippen LogP) is 14.6. The quantitative estimate of drug-likeness (QED) is 0.128. The summed E-state index contributed by atoms with van der Waals surface area (Å²) in [5.74, 6) is 0. The Morgan fingerprint density at radius 1 is 0.296 bits per heavy atom. The Labute approximate surface area is 315 Å². The lowest BCUT2D eigenvalue weighted by Gasteiger charge is -2.29. The highest BCUT2D eigenvalue weighted by Crippen LogP contribution is 2.55. The molecule has 252 valence electrons. The van der Waals surface area contributed by atoms with Crippen LogP contribution in [-0.4, -0.2) is 0 Å². The number of hydrogen-bond donors (Lipinski definition) is 0. The van der Waals surface area contributed by atoms with E-state index in [1.807, 2.05) is 0 Å². The summed E-state index contributed by atoms with van der Waals surface area (Å²) in [6.45, 7) is 2.42. The molecule has 11 rings (SSSR count). The van der Waals surface area contributed by atoms with Gasteiger partial charge in [-0.05, 0) is 135 Å². The first-order chi connectivity index (χ1) is 26.7. The van der Waals surface area contributed by atoms with E-state index < -0.39 is 0 Å². The minimum atomic E-state index is -0.302. The van der Waals surface area contributed by atoms with Crippen molar-refractivity contribution >= 4 is 43.1 Å². The Morgan fingerprint density at radius 3 is 1.65 bits per heavy atom. The van der Waals surface area contributed by atoms with E-state index in [1.54, 1.807) is 0 Å². The molecule has 0 aliphatic heterocycles. The maximum Gasteiger partial charge on any atom is 0.0435 e. The number of hydrogen-bond acceptors (Lipinski definition) is 0. The van der Waals surface area contributed by atoms with Crippen molar-refractivity contribution in [3.63, 3.8) is 0 Å². The molecular formula is C54H36.